The summed E-state index contributed by atoms with van der Waals surface area (Å²) in [6.07, 6.45) is 0. The van der Waals surface area contributed by atoms with Crippen LogP contribution in [-0.2, 0) is 0 Å². The average Bonchev–Trinajstić information content (AvgIpc) is 1.89. The Morgan fingerprint density at radius 1 is 1.33 bits per heavy atom. The minimum Gasteiger partial charge on any atom is -0.264 e. The summed E-state index contributed by atoms with van der Waals surface area (Å²) in [5.74, 6) is 0. The van der Waals surface area contributed by atoms with Crippen LogP contribution in [0.5, 0.6) is 0 Å². The third-order valence-corrected chi connectivity index (χ3v) is 1.29. The number of nitrogens with zero attached hydrogens (tertiary/aromatic N) is 1. The first kappa shape index (κ1) is 6.02. The summed E-state index contributed by atoms with van der Waals surface area (Å²) in [5.41, 5.74) is 2.14. The lowest BCUT2D eigenvalue weighted by molar-refractivity contribution is 1.41. The third kappa shape index (κ3) is 1.17. The topological polar surface area (TPSA) is 12.4 Å². The molecule has 1 rings (SSSR count). The Morgan fingerprint density at radius 3 is 2.44 bits per heavy atom. The highest BCUT2D eigenvalue weighted by atomic mass is 14.7. The smallest absolute Gasteiger partial charge is 0.0651 e. The van der Waals surface area contributed by atoms with Gasteiger partial charge in [0.2, 0.25) is 0 Å². The fourth-order valence-corrected chi connectivity index (χ4v) is 0.741. The van der Waals surface area contributed by atoms with Gasteiger partial charge in [-0.3, -0.25) is 4.99 Å². The molecule has 1 heteroatoms. The Hall–Kier alpha value is -1.11. The first-order valence-electron chi connectivity index (χ1n) is 2.87. The summed E-state index contributed by atoms with van der Waals surface area (Å²) in [5, 5.41) is 0. The van der Waals surface area contributed by atoms with Gasteiger partial charge in [-0.25, -0.2) is 0 Å². The highest BCUT2D eigenvalue weighted by Gasteiger charge is 1.88. The van der Waals surface area contributed by atoms with E-state index < -0.39 is 0 Å². The minimum absolute atomic E-state index is 0.970. The van der Waals surface area contributed by atoms with Crippen LogP contribution in [0, 0.1) is 6.92 Å². The van der Waals surface area contributed by atoms with E-state index in [-0.39, 0.29) is 0 Å². The second kappa shape index (κ2) is 2.44. The number of aliphatic imine (C=N–C) groups is 1. The second-order valence-electron chi connectivity index (χ2n) is 1.94. The zero-order valence-electron chi connectivity index (χ0n) is 5.46. The van der Waals surface area contributed by atoms with Gasteiger partial charge in [-0.05, 0) is 25.3 Å². The van der Waals surface area contributed by atoms with Crippen LogP contribution in [0.25, 0.3) is 0 Å². The van der Waals surface area contributed by atoms with Crippen LogP contribution in [0.3, 0.4) is 0 Å². The molecule has 9 heavy (non-hydrogen) atoms. The van der Waals surface area contributed by atoms with Crippen molar-refractivity contribution in [2.24, 2.45) is 4.99 Å². The molecule has 0 atom stereocenters. The largest absolute Gasteiger partial charge is 0.264 e. The maximum atomic E-state index is 3.82. The molecule has 0 aliphatic carbocycles. The zero-order valence-corrected chi connectivity index (χ0v) is 5.46. The average molecular weight is 119 g/mol. The molecule has 0 aliphatic rings. The summed E-state index contributed by atoms with van der Waals surface area (Å²) in [6, 6.07) is 7.91. The van der Waals surface area contributed by atoms with Crippen LogP contribution >= 0.6 is 0 Å². The Balaban J connectivity index is 3.15. The van der Waals surface area contributed by atoms with Gasteiger partial charge in [0.1, 0.15) is 0 Å². The van der Waals surface area contributed by atoms with Crippen molar-refractivity contribution in [2.75, 3.05) is 0 Å². The molecule has 0 unspecified atom stereocenters. The van der Waals surface area contributed by atoms with Crippen LogP contribution in [0.4, 0.5) is 5.69 Å². The second-order valence-corrected chi connectivity index (χ2v) is 1.94. The van der Waals surface area contributed by atoms with Gasteiger partial charge in [-0.2, -0.15) is 0 Å². The van der Waals surface area contributed by atoms with E-state index >= 15 is 0 Å². The lowest BCUT2D eigenvalue weighted by Gasteiger charge is -1.94. The van der Waals surface area contributed by atoms with Gasteiger partial charge in [-0.1, -0.05) is 18.2 Å². The number of aryl methyl sites for hydroxylation is 1. The van der Waals surface area contributed by atoms with E-state index in [1.54, 1.807) is 0 Å². The van der Waals surface area contributed by atoms with Gasteiger partial charge >= 0.3 is 0 Å². The Kier molecular flexibility index (Phi) is 1.63. The van der Waals surface area contributed by atoms with Crippen molar-refractivity contribution in [3.05, 3.63) is 29.8 Å². The van der Waals surface area contributed by atoms with Gasteiger partial charge in [-0.15, -0.1) is 0 Å². The van der Waals surface area contributed by atoms with Crippen LogP contribution in [0.1, 0.15) is 5.56 Å². The fraction of sp³-hybridized carbons (Fsp3) is 0.125. The fourth-order valence-electron chi connectivity index (χ4n) is 0.741. The molecule has 0 saturated heterocycles. The molecule has 0 saturated carbocycles. The third-order valence-electron chi connectivity index (χ3n) is 1.29. The molecule has 0 bridgehead atoms. The van der Waals surface area contributed by atoms with Crippen molar-refractivity contribution < 1.29 is 0 Å². The molecular weight excluding hydrogens is 110 g/mol. The highest BCUT2D eigenvalue weighted by Crippen LogP contribution is 2.15. The summed E-state index contributed by atoms with van der Waals surface area (Å²) in [4.78, 5) is 3.82. The zero-order chi connectivity index (χ0) is 6.69. The first-order chi connectivity index (χ1) is 4.34. The van der Waals surface area contributed by atoms with Crippen molar-refractivity contribution in [1.29, 1.82) is 0 Å². The monoisotopic (exact) mass is 119 g/mol. The van der Waals surface area contributed by atoms with E-state index in [0.717, 1.165) is 5.69 Å². The predicted octanol–water partition coefficient (Wildman–Crippen LogP) is 2.33. The van der Waals surface area contributed by atoms with E-state index in [1.165, 1.54) is 5.56 Å². The van der Waals surface area contributed by atoms with E-state index in [1.807, 2.05) is 31.2 Å². The van der Waals surface area contributed by atoms with Gasteiger partial charge in [0.05, 0.1) is 5.69 Å². The van der Waals surface area contributed by atoms with Gasteiger partial charge in [0.25, 0.3) is 0 Å². The number of para-hydroxylation sites is 1. The van der Waals surface area contributed by atoms with Crippen LogP contribution in [0.15, 0.2) is 29.3 Å². The molecule has 46 valence electrons. The molecule has 1 aromatic rings. The number of rotatable bonds is 1. The summed E-state index contributed by atoms with van der Waals surface area (Å²) >= 11 is 0. The molecule has 1 aromatic carbocycles. The van der Waals surface area contributed by atoms with Gasteiger partial charge in [0, 0.05) is 0 Å². The molecule has 0 amide bonds. The van der Waals surface area contributed by atoms with Crippen molar-refractivity contribution >= 4 is 12.4 Å². The first-order valence-corrected chi connectivity index (χ1v) is 2.87. The maximum Gasteiger partial charge on any atom is 0.0651 e. The van der Waals surface area contributed by atoms with E-state index in [2.05, 4.69) is 11.7 Å². The Labute approximate surface area is 55.1 Å². The van der Waals surface area contributed by atoms with Crippen LogP contribution in [0.2, 0.25) is 0 Å². The van der Waals surface area contributed by atoms with Crippen molar-refractivity contribution in [3.8, 4) is 0 Å². The summed E-state index contributed by atoms with van der Waals surface area (Å²) in [7, 11) is 0. The van der Waals surface area contributed by atoms with E-state index in [4.69, 9.17) is 0 Å². The SMILES string of the molecule is C=Nc1ccccc1C. The van der Waals surface area contributed by atoms with E-state index in [9.17, 15) is 0 Å². The molecular formula is C8H9N. The molecule has 1 nitrogen and oxygen atoms in total. The molecule has 0 spiro atoms. The van der Waals surface area contributed by atoms with Gasteiger partial charge in [0.15, 0.2) is 0 Å². The molecule has 0 fully saturated rings. The van der Waals surface area contributed by atoms with Crippen LogP contribution < -0.4 is 0 Å². The maximum absolute atomic E-state index is 3.82. The predicted molar refractivity (Wildman–Crippen MR) is 40.4 cm³/mol. The summed E-state index contributed by atoms with van der Waals surface area (Å²) < 4.78 is 0. The number of hydrogen-bond donors (Lipinski definition) is 0. The molecule has 0 aliphatic heterocycles. The van der Waals surface area contributed by atoms with Crippen molar-refractivity contribution in [1.82, 2.24) is 0 Å². The lowest BCUT2D eigenvalue weighted by atomic mass is 10.2. The normalized spacial score (nSPS) is 9.00. The quantitative estimate of drug-likeness (QED) is 0.503. The molecule has 0 N–H and O–H groups in total. The summed E-state index contributed by atoms with van der Waals surface area (Å²) in [6.45, 7) is 5.46. The van der Waals surface area contributed by atoms with E-state index in [0.29, 0.717) is 0 Å². The van der Waals surface area contributed by atoms with Crippen LogP contribution in [-0.4, -0.2) is 6.72 Å². The standard InChI is InChI=1S/C8H9N/c1-7-5-3-4-6-8(7)9-2/h3-6H,2H2,1H3. The van der Waals surface area contributed by atoms with Crippen molar-refractivity contribution in [3.63, 3.8) is 0 Å². The number of benzene rings is 1. The number of hydrogen-bond acceptors (Lipinski definition) is 1. The molecule has 0 aromatic heterocycles. The molecule has 0 radical (unpaired) electrons. The highest BCUT2D eigenvalue weighted by molar-refractivity contribution is 5.50. The Bertz CT molecular complexity index is 216. The van der Waals surface area contributed by atoms with Gasteiger partial charge < -0.3 is 0 Å². The van der Waals surface area contributed by atoms with Crippen molar-refractivity contribution in [2.45, 2.75) is 6.92 Å². The Morgan fingerprint density at radius 2 is 2.00 bits per heavy atom. The minimum atomic E-state index is 0.970. The molecule has 0 heterocycles. The lowest BCUT2D eigenvalue weighted by Crippen LogP contribution is -1.69.